The summed E-state index contributed by atoms with van der Waals surface area (Å²) in [5.74, 6) is 0.429. The zero-order valence-corrected chi connectivity index (χ0v) is 18.8. The summed E-state index contributed by atoms with van der Waals surface area (Å²) in [5.41, 5.74) is 2.24. The number of fused-ring (bicyclic) bond motifs is 1. The van der Waals surface area contributed by atoms with Gasteiger partial charge in [-0.1, -0.05) is 30.3 Å². The highest BCUT2D eigenvalue weighted by molar-refractivity contribution is 14.0. The van der Waals surface area contributed by atoms with Gasteiger partial charge < -0.3 is 15.5 Å². The SMILES string of the molecule is CN=C(NCCc1ccc(C(F)(F)F)cc1)NCC(=O)N1CCc2ccccc21.I. The molecule has 0 atom stereocenters. The van der Waals surface area contributed by atoms with E-state index in [1.54, 1.807) is 11.9 Å². The molecule has 0 saturated carbocycles. The van der Waals surface area contributed by atoms with Crippen LogP contribution in [-0.4, -0.2) is 38.5 Å². The molecule has 2 N–H and O–H groups in total. The number of amides is 1. The summed E-state index contributed by atoms with van der Waals surface area (Å²) in [6, 6.07) is 12.9. The van der Waals surface area contributed by atoms with Crippen molar-refractivity contribution in [2.75, 3.05) is 31.6 Å². The lowest BCUT2D eigenvalue weighted by Crippen LogP contribution is -2.44. The molecular weight excluding hydrogens is 508 g/mol. The van der Waals surface area contributed by atoms with E-state index in [1.165, 1.54) is 17.7 Å². The van der Waals surface area contributed by atoms with Crippen molar-refractivity contribution < 1.29 is 18.0 Å². The molecule has 30 heavy (non-hydrogen) atoms. The molecule has 2 aromatic carbocycles. The summed E-state index contributed by atoms with van der Waals surface area (Å²) in [4.78, 5) is 18.4. The van der Waals surface area contributed by atoms with Crippen LogP contribution < -0.4 is 15.5 Å². The van der Waals surface area contributed by atoms with Gasteiger partial charge in [-0.2, -0.15) is 13.2 Å². The maximum absolute atomic E-state index is 12.6. The summed E-state index contributed by atoms with van der Waals surface area (Å²) >= 11 is 0. The number of hydrogen-bond donors (Lipinski definition) is 2. The minimum Gasteiger partial charge on any atom is -0.356 e. The lowest BCUT2D eigenvalue weighted by atomic mass is 10.1. The summed E-state index contributed by atoms with van der Waals surface area (Å²) in [6.45, 7) is 1.25. The number of carbonyl (C=O) groups is 1. The molecule has 2 aromatic rings. The van der Waals surface area contributed by atoms with E-state index in [-0.39, 0.29) is 36.4 Å². The van der Waals surface area contributed by atoms with Crippen LogP contribution >= 0.6 is 24.0 Å². The predicted molar refractivity (Wildman–Crippen MR) is 122 cm³/mol. The molecule has 9 heteroatoms. The lowest BCUT2D eigenvalue weighted by Gasteiger charge is -2.19. The zero-order valence-electron chi connectivity index (χ0n) is 16.5. The van der Waals surface area contributed by atoms with Gasteiger partial charge in [-0.3, -0.25) is 9.79 Å². The van der Waals surface area contributed by atoms with E-state index in [9.17, 15) is 18.0 Å². The largest absolute Gasteiger partial charge is 0.416 e. The van der Waals surface area contributed by atoms with Crippen LogP contribution in [0.1, 0.15) is 16.7 Å². The Bertz CT molecular complexity index is 885. The summed E-state index contributed by atoms with van der Waals surface area (Å²) in [5, 5.41) is 6.06. The Morgan fingerprint density at radius 1 is 1.10 bits per heavy atom. The van der Waals surface area contributed by atoms with Gasteiger partial charge in [0.1, 0.15) is 0 Å². The first-order chi connectivity index (χ1) is 13.9. The Morgan fingerprint density at radius 3 is 2.47 bits per heavy atom. The molecule has 0 spiro atoms. The number of nitrogens with one attached hydrogen (secondary N) is 2. The van der Waals surface area contributed by atoms with Gasteiger partial charge in [0.15, 0.2) is 5.96 Å². The van der Waals surface area contributed by atoms with Crippen molar-refractivity contribution >= 4 is 41.5 Å². The first-order valence-corrected chi connectivity index (χ1v) is 9.37. The number of nitrogens with zero attached hydrogens (tertiary/aromatic N) is 2. The van der Waals surface area contributed by atoms with E-state index in [4.69, 9.17) is 0 Å². The summed E-state index contributed by atoms with van der Waals surface area (Å²) in [6.07, 6.45) is -2.95. The molecule has 1 heterocycles. The molecule has 1 aliphatic heterocycles. The van der Waals surface area contributed by atoms with E-state index in [0.29, 0.717) is 25.5 Å². The number of benzene rings is 2. The molecule has 1 aliphatic rings. The van der Waals surface area contributed by atoms with Gasteiger partial charge >= 0.3 is 6.18 Å². The molecule has 3 rings (SSSR count). The van der Waals surface area contributed by atoms with Gasteiger partial charge in [0.05, 0.1) is 12.1 Å². The van der Waals surface area contributed by atoms with Crippen LogP contribution in [0.4, 0.5) is 18.9 Å². The van der Waals surface area contributed by atoms with Crippen molar-refractivity contribution in [3.8, 4) is 0 Å². The molecule has 0 aliphatic carbocycles. The average Bonchev–Trinajstić information content (AvgIpc) is 3.14. The van der Waals surface area contributed by atoms with Gasteiger partial charge in [0.2, 0.25) is 5.91 Å². The van der Waals surface area contributed by atoms with Crippen molar-refractivity contribution in [1.29, 1.82) is 0 Å². The highest BCUT2D eigenvalue weighted by atomic mass is 127. The predicted octanol–water partition coefficient (Wildman–Crippen LogP) is 3.62. The second-order valence-corrected chi connectivity index (χ2v) is 6.72. The Hall–Kier alpha value is -2.30. The molecule has 0 bridgehead atoms. The summed E-state index contributed by atoms with van der Waals surface area (Å²) < 4.78 is 37.8. The van der Waals surface area contributed by atoms with Crippen LogP contribution in [0.15, 0.2) is 53.5 Å². The van der Waals surface area contributed by atoms with E-state index < -0.39 is 11.7 Å². The Labute approximate surface area is 190 Å². The maximum atomic E-state index is 12.6. The van der Waals surface area contributed by atoms with Gasteiger partial charge in [0, 0.05) is 25.8 Å². The number of carbonyl (C=O) groups excluding carboxylic acids is 1. The third-order valence-electron chi connectivity index (χ3n) is 4.81. The van der Waals surface area contributed by atoms with Crippen LogP contribution in [0.25, 0.3) is 0 Å². The third kappa shape index (κ3) is 6.10. The second-order valence-electron chi connectivity index (χ2n) is 6.72. The van der Waals surface area contributed by atoms with Crippen LogP contribution in [0.3, 0.4) is 0 Å². The van der Waals surface area contributed by atoms with Crippen LogP contribution in [0.2, 0.25) is 0 Å². The Kier molecular flexibility index (Phi) is 8.51. The third-order valence-corrected chi connectivity index (χ3v) is 4.81. The van der Waals surface area contributed by atoms with Crippen molar-refractivity contribution in [3.63, 3.8) is 0 Å². The topological polar surface area (TPSA) is 56.7 Å². The quantitative estimate of drug-likeness (QED) is 0.352. The number of para-hydroxylation sites is 1. The van der Waals surface area contributed by atoms with Gasteiger partial charge in [-0.15, -0.1) is 24.0 Å². The van der Waals surface area contributed by atoms with Crippen LogP contribution in [0, 0.1) is 0 Å². The van der Waals surface area contributed by atoms with E-state index in [2.05, 4.69) is 15.6 Å². The van der Waals surface area contributed by atoms with E-state index in [1.807, 2.05) is 24.3 Å². The smallest absolute Gasteiger partial charge is 0.356 e. The highest BCUT2D eigenvalue weighted by Gasteiger charge is 2.29. The van der Waals surface area contributed by atoms with Gasteiger partial charge in [-0.25, -0.2) is 0 Å². The molecular formula is C21H24F3IN4O. The normalized spacial score (nSPS) is 13.5. The highest BCUT2D eigenvalue weighted by Crippen LogP contribution is 2.29. The van der Waals surface area contributed by atoms with E-state index >= 15 is 0 Å². The molecule has 162 valence electrons. The minimum absolute atomic E-state index is 0. The molecule has 0 fully saturated rings. The standard InChI is InChI=1S/C21H23F3N4O.HI/c1-25-20(26-12-10-15-6-8-17(9-7-15)21(22,23)24)27-14-19(29)28-13-11-16-4-2-3-5-18(16)28;/h2-9H,10-14H2,1H3,(H2,25,26,27);1H. The maximum Gasteiger partial charge on any atom is 0.416 e. The van der Waals surface area contributed by atoms with Gasteiger partial charge in [-0.05, 0) is 42.2 Å². The van der Waals surface area contributed by atoms with Crippen LogP contribution in [0.5, 0.6) is 0 Å². The van der Waals surface area contributed by atoms with Crippen molar-refractivity contribution in [1.82, 2.24) is 10.6 Å². The number of guanidine groups is 1. The number of rotatable bonds is 5. The van der Waals surface area contributed by atoms with E-state index in [0.717, 1.165) is 29.8 Å². The fourth-order valence-electron chi connectivity index (χ4n) is 3.26. The fourth-order valence-corrected chi connectivity index (χ4v) is 3.26. The molecule has 0 unspecified atom stereocenters. The summed E-state index contributed by atoms with van der Waals surface area (Å²) in [7, 11) is 1.60. The lowest BCUT2D eigenvalue weighted by molar-refractivity contribution is -0.137. The molecule has 1 amide bonds. The van der Waals surface area contributed by atoms with Crippen molar-refractivity contribution in [2.24, 2.45) is 4.99 Å². The molecule has 0 aromatic heterocycles. The number of hydrogen-bond acceptors (Lipinski definition) is 2. The van der Waals surface area contributed by atoms with Crippen molar-refractivity contribution in [3.05, 3.63) is 65.2 Å². The van der Waals surface area contributed by atoms with Crippen molar-refractivity contribution in [2.45, 2.75) is 19.0 Å². The fraction of sp³-hybridized carbons (Fsp3) is 0.333. The molecule has 0 radical (unpaired) electrons. The number of alkyl halides is 3. The van der Waals surface area contributed by atoms with Gasteiger partial charge in [0.25, 0.3) is 0 Å². The second kappa shape index (κ2) is 10.6. The zero-order chi connectivity index (χ0) is 20.9. The number of aliphatic imine (C=N–C) groups is 1. The number of anilines is 1. The Morgan fingerprint density at radius 2 is 1.80 bits per heavy atom. The average molecular weight is 532 g/mol. The molecule has 5 nitrogen and oxygen atoms in total. The first-order valence-electron chi connectivity index (χ1n) is 9.37. The van der Waals surface area contributed by atoms with Crippen LogP contribution in [-0.2, 0) is 23.8 Å². The molecule has 0 saturated heterocycles. The Balaban J connectivity index is 0.00000320. The first kappa shape index (κ1) is 24.0. The monoisotopic (exact) mass is 532 g/mol. The number of halogens is 4. The minimum atomic E-state index is -4.33.